The van der Waals surface area contributed by atoms with Crippen molar-refractivity contribution < 1.29 is 0 Å². The van der Waals surface area contributed by atoms with Crippen molar-refractivity contribution in [3.63, 3.8) is 0 Å². The molecule has 3 heteroatoms. The van der Waals surface area contributed by atoms with Gasteiger partial charge in [-0.3, -0.25) is 0 Å². The highest BCUT2D eigenvalue weighted by Crippen LogP contribution is 2.49. The van der Waals surface area contributed by atoms with Crippen LogP contribution in [0.1, 0.15) is 32.6 Å². The van der Waals surface area contributed by atoms with Crippen molar-refractivity contribution in [2.75, 3.05) is 11.9 Å². The lowest BCUT2D eigenvalue weighted by Gasteiger charge is -2.16. The van der Waals surface area contributed by atoms with Crippen LogP contribution in [0.4, 0.5) is 5.69 Å². The van der Waals surface area contributed by atoms with Crippen molar-refractivity contribution in [2.45, 2.75) is 32.6 Å². The number of nitrogens with one attached hydrogen (secondary N) is 1. The summed E-state index contributed by atoms with van der Waals surface area (Å²) in [7, 11) is 0. The third-order valence-electron chi connectivity index (χ3n) is 3.94. The molecule has 0 aliphatic heterocycles. The van der Waals surface area contributed by atoms with Crippen LogP contribution >= 0.6 is 0 Å². The highest BCUT2D eigenvalue weighted by molar-refractivity contribution is 5.90. The normalized spacial score (nSPS) is 16.7. The molecule has 3 nitrogen and oxygen atoms in total. The number of rotatable bonds is 5. The minimum Gasteiger partial charge on any atom is -0.383 e. The van der Waals surface area contributed by atoms with Crippen molar-refractivity contribution in [2.24, 2.45) is 5.41 Å². The first-order valence-corrected chi connectivity index (χ1v) is 6.77. The summed E-state index contributed by atoms with van der Waals surface area (Å²) in [6.07, 6.45) is 7.17. The third-order valence-corrected chi connectivity index (χ3v) is 3.94. The van der Waals surface area contributed by atoms with E-state index in [1.165, 1.54) is 31.1 Å². The largest absolute Gasteiger partial charge is 0.383 e. The van der Waals surface area contributed by atoms with Crippen LogP contribution in [0.15, 0.2) is 30.5 Å². The quantitative estimate of drug-likeness (QED) is 0.868. The van der Waals surface area contributed by atoms with Gasteiger partial charge in [0.15, 0.2) is 0 Å². The lowest BCUT2D eigenvalue weighted by atomic mass is 10.0. The van der Waals surface area contributed by atoms with Crippen LogP contribution in [0.5, 0.6) is 0 Å². The summed E-state index contributed by atoms with van der Waals surface area (Å²) < 4.78 is 0. The zero-order chi connectivity index (χ0) is 12.4. The van der Waals surface area contributed by atoms with Gasteiger partial charge in [0, 0.05) is 11.9 Å². The second-order valence-electron chi connectivity index (χ2n) is 5.38. The number of hydrogen-bond acceptors (Lipinski definition) is 3. The Balaban J connectivity index is 1.79. The van der Waals surface area contributed by atoms with Crippen LogP contribution in [0.2, 0.25) is 0 Å². The van der Waals surface area contributed by atoms with Crippen LogP contribution in [0.3, 0.4) is 0 Å². The molecule has 0 atom stereocenters. The fourth-order valence-corrected chi connectivity index (χ4v) is 2.65. The zero-order valence-electron chi connectivity index (χ0n) is 10.8. The minimum atomic E-state index is 0.555. The molecule has 1 aliphatic rings. The summed E-state index contributed by atoms with van der Waals surface area (Å²) in [5.41, 5.74) is 2.63. The summed E-state index contributed by atoms with van der Waals surface area (Å²) in [6.45, 7) is 3.33. The molecule has 18 heavy (non-hydrogen) atoms. The zero-order valence-corrected chi connectivity index (χ0v) is 10.8. The molecular formula is C15H19N3. The Kier molecular flexibility index (Phi) is 2.90. The fraction of sp³-hybridized carbons (Fsp3) is 0.467. The molecule has 94 valence electrons. The maximum atomic E-state index is 4.15. The maximum Gasteiger partial charge on any atom is 0.0950 e. The smallest absolute Gasteiger partial charge is 0.0950 e. The van der Waals surface area contributed by atoms with Crippen LogP contribution in [-0.2, 0) is 0 Å². The molecule has 1 aromatic heterocycles. The van der Waals surface area contributed by atoms with Gasteiger partial charge in [-0.2, -0.15) is 10.2 Å². The summed E-state index contributed by atoms with van der Waals surface area (Å²) in [6, 6.07) is 8.16. The van der Waals surface area contributed by atoms with Gasteiger partial charge >= 0.3 is 0 Å². The Bertz CT molecular complexity index is 541. The average molecular weight is 241 g/mol. The topological polar surface area (TPSA) is 37.8 Å². The molecule has 0 radical (unpaired) electrons. The van der Waals surface area contributed by atoms with Gasteiger partial charge in [0.25, 0.3) is 0 Å². The first kappa shape index (κ1) is 11.5. The Hall–Kier alpha value is -1.64. The molecule has 1 heterocycles. The molecule has 3 rings (SSSR count). The fourth-order valence-electron chi connectivity index (χ4n) is 2.65. The van der Waals surface area contributed by atoms with E-state index in [9.17, 15) is 0 Å². The van der Waals surface area contributed by atoms with E-state index in [0.29, 0.717) is 5.41 Å². The van der Waals surface area contributed by atoms with Gasteiger partial charge in [-0.15, -0.1) is 0 Å². The van der Waals surface area contributed by atoms with E-state index < -0.39 is 0 Å². The van der Waals surface area contributed by atoms with Gasteiger partial charge in [0.2, 0.25) is 0 Å². The predicted octanol–water partition coefficient (Wildman–Crippen LogP) is 3.62. The third kappa shape index (κ3) is 2.17. The van der Waals surface area contributed by atoms with Crippen LogP contribution in [-0.4, -0.2) is 16.7 Å². The predicted molar refractivity (Wildman–Crippen MR) is 74.6 cm³/mol. The molecule has 1 fully saturated rings. The van der Waals surface area contributed by atoms with E-state index in [2.05, 4.69) is 28.5 Å². The maximum absolute atomic E-state index is 4.15. The van der Waals surface area contributed by atoms with E-state index in [1.807, 2.05) is 24.4 Å². The van der Waals surface area contributed by atoms with Crippen molar-refractivity contribution in [1.82, 2.24) is 10.2 Å². The SMILES string of the molecule is CCCC1(CNc2cnnc3ccccc23)CC1. The van der Waals surface area contributed by atoms with Gasteiger partial charge in [-0.05, 0) is 30.7 Å². The van der Waals surface area contributed by atoms with Gasteiger partial charge in [-0.1, -0.05) is 31.5 Å². The lowest BCUT2D eigenvalue weighted by Crippen LogP contribution is -2.15. The first-order chi connectivity index (χ1) is 8.83. The molecule has 1 aliphatic carbocycles. The first-order valence-electron chi connectivity index (χ1n) is 6.77. The molecule has 0 saturated heterocycles. The molecule has 0 spiro atoms. The standard InChI is InChI=1S/C15H19N3/c1-2-7-15(8-9-15)11-16-14-10-17-18-13-6-4-3-5-12(13)14/h3-6,10H,2,7-9,11H2,1H3,(H,16,18). The molecule has 2 aromatic rings. The van der Waals surface area contributed by atoms with E-state index in [1.54, 1.807) is 0 Å². The Morgan fingerprint density at radius 2 is 2.11 bits per heavy atom. The molecule has 0 amide bonds. The van der Waals surface area contributed by atoms with Crippen LogP contribution < -0.4 is 5.32 Å². The van der Waals surface area contributed by atoms with Gasteiger partial charge in [0.05, 0.1) is 17.4 Å². The Labute approximate surface area is 108 Å². The average Bonchev–Trinajstić information content (AvgIpc) is 3.17. The van der Waals surface area contributed by atoms with Gasteiger partial charge in [0.1, 0.15) is 0 Å². The second kappa shape index (κ2) is 4.56. The number of fused-ring (bicyclic) bond motifs is 1. The van der Waals surface area contributed by atoms with Crippen molar-refractivity contribution in [3.05, 3.63) is 30.5 Å². The molecule has 1 aromatic carbocycles. The number of benzene rings is 1. The summed E-state index contributed by atoms with van der Waals surface area (Å²) >= 11 is 0. The highest BCUT2D eigenvalue weighted by atomic mass is 15.1. The van der Waals surface area contributed by atoms with Crippen molar-refractivity contribution >= 4 is 16.6 Å². The van der Waals surface area contributed by atoms with Crippen molar-refractivity contribution in [3.8, 4) is 0 Å². The molecule has 1 N–H and O–H groups in total. The Morgan fingerprint density at radius 3 is 2.89 bits per heavy atom. The number of hydrogen-bond donors (Lipinski definition) is 1. The molecule has 1 saturated carbocycles. The van der Waals surface area contributed by atoms with E-state index in [4.69, 9.17) is 0 Å². The minimum absolute atomic E-state index is 0.555. The lowest BCUT2D eigenvalue weighted by molar-refractivity contribution is 0.486. The summed E-state index contributed by atoms with van der Waals surface area (Å²) in [4.78, 5) is 0. The summed E-state index contributed by atoms with van der Waals surface area (Å²) in [5.74, 6) is 0. The number of anilines is 1. The monoisotopic (exact) mass is 241 g/mol. The highest BCUT2D eigenvalue weighted by Gasteiger charge is 2.41. The van der Waals surface area contributed by atoms with Crippen molar-refractivity contribution in [1.29, 1.82) is 0 Å². The van der Waals surface area contributed by atoms with Gasteiger partial charge in [-0.25, -0.2) is 0 Å². The number of nitrogens with zero attached hydrogens (tertiary/aromatic N) is 2. The van der Waals surface area contributed by atoms with Crippen LogP contribution in [0, 0.1) is 5.41 Å². The van der Waals surface area contributed by atoms with Gasteiger partial charge < -0.3 is 5.32 Å². The van der Waals surface area contributed by atoms with Crippen LogP contribution in [0.25, 0.3) is 10.9 Å². The Morgan fingerprint density at radius 1 is 1.28 bits per heavy atom. The molecule has 0 bridgehead atoms. The van der Waals surface area contributed by atoms with E-state index >= 15 is 0 Å². The molecular weight excluding hydrogens is 222 g/mol. The van der Waals surface area contributed by atoms with E-state index in [-0.39, 0.29) is 0 Å². The summed E-state index contributed by atoms with van der Waals surface area (Å²) in [5, 5.41) is 13.0. The molecule has 0 unspecified atom stereocenters. The van der Waals surface area contributed by atoms with E-state index in [0.717, 1.165) is 17.7 Å². The number of aromatic nitrogens is 2. The second-order valence-corrected chi connectivity index (χ2v) is 5.38.